The van der Waals surface area contributed by atoms with Crippen molar-refractivity contribution < 1.29 is 0 Å². The van der Waals surface area contributed by atoms with Crippen LogP contribution in [0.3, 0.4) is 0 Å². The summed E-state index contributed by atoms with van der Waals surface area (Å²) in [5.41, 5.74) is 3.95. The van der Waals surface area contributed by atoms with Crippen LogP contribution >= 0.6 is 11.6 Å². The average molecular weight is 280 g/mol. The third-order valence-electron chi connectivity index (χ3n) is 3.39. The molecule has 4 aromatic rings. The Kier molecular flexibility index (Phi) is 2.47. The number of rotatable bonds is 1. The molecule has 0 unspecified atom stereocenters. The smallest absolute Gasteiger partial charge is 0.147 e. The molecule has 0 N–H and O–H groups in total. The predicted octanol–water partition coefficient (Wildman–Crippen LogP) is 4.20. The Morgan fingerprint density at radius 3 is 2.55 bits per heavy atom. The molecule has 0 saturated carbocycles. The van der Waals surface area contributed by atoms with Gasteiger partial charge in [0.05, 0.1) is 17.4 Å². The Morgan fingerprint density at radius 1 is 0.900 bits per heavy atom. The third-order valence-corrected chi connectivity index (χ3v) is 3.65. The first-order valence-electron chi connectivity index (χ1n) is 6.30. The van der Waals surface area contributed by atoms with E-state index in [1.165, 1.54) is 0 Å². The molecule has 0 aliphatic heterocycles. The highest BCUT2D eigenvalue weighted by molar-refractivity contribution is 6.30. The molecule has 0 radical (unpaired) electrons. The number of imidazole rings is 1. The first kappa shape index (κ1) is 11.4. The van der Waals surface area contributed by atoms with Crippen LogP contribution in [0, 0.1) is 0 Å². The highest BCUT2D eigenvalue weighted by atomic mass is 35.5. The quantitative estimate of drug-likeness (QED) is 0.523. The molecule has 20 heavy (non-hydrogen) atoms. The number of fused-ring (bicyclic) bond motifs is 3. The van der Waals surface area contributed by atoms with Crippen molar-refractivity contribution in [3.8, 4) is 11.3 Å². The molecule has 2 aromatic heterocycles. The number of nitrogens with zero attached hydrogens (tertiary/aromatic N) is 3. The fourth-order valence-electron chi connectivity index (χ4n) is 2.41. The molecule has 2 heterocycles. The van der Waals surface area contributed by atoms with Gasteiger partial charge < -0.3 is 0 Å². The van der Waals surface area contributed by atoms with Gasteiger partial charge in [0.2, 0.25) is 0 Å². The maximum atomic E-state index is 5.93. The normalized spacial score (nSPS) is 11.2. The van der Waals surface area contributed by atoms with Crippen LogP contribution in [0.1, 0.15) is 0 Å². The van der Waals surface area contributed by atoms with Crippen LogP contribution in [0.5, 0.6) is 0 Å². The first-order valence-corrected chi connectivity index (χ1v) is 6.67. The molecule has 0 atom stereocenters. The summed E-state index contributed by atoms with van der Waals surface area (Å²) in [6.07, 6.45) is 3.68. The van der Waals surface area contributed by atoms with Crippen LogP contribution in [0.25, 0.3) is 27.8 Å². The van der Waals surface area contributed by atoms with Crippen molar-refractivity contribution in [1.82, 2.24) is 14.4 Å². The molecule has 0 aliphatic rings. The average Bonchev–Trinajstić information content (AvgIpc) is 2.92. The summed E-state index contributed by atoms with van der Waals surface area (Å²) in [5.74, 6) is 0. The van der Waals surface area contributed by atoms with E-state index in [1.54, 1.807) is 0 Å². The van der Waals surface area contributed by atoms with E-state index in [0.717, 1.165) is 32.8 Å². The number of hydrogen-bond acceptors (Lipinski definition) is 2. The van der Waals surface area contributed by atoms with Gasteiger partial charge in [0.1, 0.15) is 12.0 Å². The molecule has 3 nitrogen and oxygen atoms in total. The summed E-state index contributed by atoms with van der Waals surface area (Å²) in [6.45, 7) is 0. The Bertz CT molecular complexity index is 910. The zero-order valence-corrected chi connectivity index (χ0v) is 11.2. The third kappa shape index (κ3) is 1.67. The van der Waals surface area contributed by atoms with Gasteiger partial charge in [-0.3, -0.25) is 4.40 Å². The second-order valence-corrected chi connectivity index (χ2v) is 5.04. The maximum absolute atomic E-state index is 5.93. The summed E-state index contributed by atoms with van der Waals surface area (Å²) in [4.78, 5) is 9.02. The van der Waals surface area contributed by atoms with E-state index in [4.69, 9.17) is 11.6 Å². The van der Waals surface area contributed by atoms with Gasteiger partial charge in [-0.1, -0.05) is 35.9 Å². The summed E-state index contributed by atoms with van der Waals surface area (Å²) in [7, 11) is 0. The molecule has 0 spiro atoms. The van der Waals surface area contributed by atoms with Crippen molar-refractivity contribution in [2.75, 3.05) is 0 Å². The SMILES string of the molecule is Clc1ccc(-c2cnc3c4ccccc4ncn23)cc1. The second kappa shape index (κ2) is 4.32. The molecule has 96 valence electrons. The number of aromatic nitrogens is 3. The van der Waals surface area contributed by atoms with E-state index >= 15 is 0 Å². The van der Waals surface area contributed by atoms with Crippen molar-refractivity contribution >= 4 is 28.2 Å². The Hall–Kier alpha value is -2.39. The van der Waals surface area contributed by atoms with E-state index in [2.05, 4.69) is 9.97 Å². The molecule has 0 aliphatic carbocycles. The molecule has 0 bridgehead atoms. The predicted molar refractivity (Wildman–Crippen MR) is 80.9 cm³/mol. The summed E-state index contributed by atoms with van der Waals surface area (Å²) in [6, 6.07) is 15.7. The number of halogens is 1. The van der Waals surface area contributed by atoms with E-state index in [-0.39, 0.29) is 0 Å². The number of para-hydroxylation sites is 1. The standard InChI is InChI=1S/C16H10ClN3/c17-12-7-5-11(6-8-12)15-9-18-16-13-3-1-2-4-14(13)19-10-20(15)16/h1-10H. The largest absolute Gasteiger partial charge is 0.282 e. The van der Waals surface area contributed by atoms with Crippen molar-refractivity contribution in [2.45, 2.75) is 0 Å². The van der Waals surface area contributed by atoms with Gasteiger partial charge in [-0.25, -0.2) is 9.97 Å². The minimum atomic E-state index is 0.728. The van der Waals surface area contributed by atoms with E-state index in [9.17, 15) is 0 Å². The Labute approximate surface area is 120 Å². The van der Waals surface area contributed by atoms with Crippen LogP contribution in [-0.4, -0.2) is 14.4 Å². The highest BCUT2D eigenvalue weighted by Crippen LogP contribution is 2.25. The van der Waals surface area contributed by atoms with Gasteiger partial charge in [-0.15, -0.1) is 0 Å². The molecule has 0 saturated heterocycles. The molecule has 4 rings (SSSR count). The lowest BCUT2D eigenvalue weighted by Gasteiger charge is -2.03. The van der Waals surface area contributed by atoms with Crippen molar-refractivity contribution in [2.24, 2.45) is 0 Å². The fraction of sp³-hybridized carbons (Fsp3) is 0. The zero-order chi connectivity index (χ0) is 13.5. The topological polar surface area (TPSA) is 30.2 Å². The van der Waals surface area contributed by atoms with Crippen LogP contribution < -0.4 is 0 Å². The minimum absolute atomic E-state index is 0.728. The van der Waals surface area contributed by atoms with Gasteiger partial charge in [-0.2, -0.15) is 0 Å². The van der Waals surface area contributed by atoms with Crippen LogP contribution in [0.2, 0.25) is 5.02 Å². The van der Waals surface area contributed by atoms with Gasteiger partial charge in [0.25, 0.3) is 0 Å². The van der Waals surface area contributed by atoms with Gasteiger partial charge >= 0.3 is 0 Å². The second-order valence-electron chi connectivity index (χ2n) is 4.61. The number of benzene rings is 2. The van der Waals surface area contributed by atoms with Crippen molar-refractivity contribution in [1.29, 1.82) is 0 Å². The summed E-state index contributed by atoms with van der Waals surface area (Å²) >= 11 is 5.93. The fourth-order valence-corrected chi connectivity index (χ4v) is 2.53. The van der Waals surface area contributed by atoms with Gasteiger partial charge in [0, 0.05) is 16.0 Å². The van der Waals surface area contributed by atoms with Crippen LogP contribution in [0.4, 0.5) is 0 Å². The molecule has 2 aromatic carbocycles. The molecular formula is C16H10ClN3. The lowest BCUT2D eigenvalue weighted by molar-refractivity contribution is 1.12. The lowest BCUT2D eigenvalue weighted by atomic mass is 10.2. The van der Waals surface area contributed by atoms with Crippen LogP contribution in [0.15, 0.2) is 61.1 Å². The maximum Gasteiger partial charge on any atom is 0.147 e. The molecule has 0 amide bonds. The Balaban J connectivity index is 2.02. The number of hydrogen-bond donors (Lipinski definition) is 0. The van der Waals surface area contributed by atoms with Gasteiger partial charge in [-0.05, 0) is 24.3 Å². The van der Waals surface area contributed by atoms with Gasteiger partial charge in [0.15, 0.2) is 0 Å². The monoisotopic (exact) mass is 279 g/mol. The Morgan fingerprint density at radius 2 is 1.70 bits per heavy atom. The zero-order valence-electron chi connectivity index (χ0n) is 10.5. The van der Waals surface area contributed by atoms with Crippen molar-refractivity contribution in [3.05, 3.63) is 66.1 Å². The van der Waals surface area contributed by atoms with E-state index in [0.29, 0.717) is 0 Å². The van der Waals surface area contributed by atoms with E-state index < -0.39 is 0 Å². The summed E-state index contributed by atoms with van der Waals surface area (Å²) < 4.78 is 2.01. The van der Waals surface area contributed by atoms with E-state index in [1.807, 2.05) is 65.5 Å². The molecule has 0 fully saturated rings. The highest BCUT2D eigenvalue weighted by Gasteiger charge is 2.09. The molecule has 4 heteroatoms. The lowest BCUT2D eigenvalue weighted by Crippen LogP contribution is -1.91. The first-order chi connectivity index (χ1) is 9.83. The summed E-state index contributed by atoms with van der Waals surface area (Å²) in [5, 5.41) is 1.78. The molecular weight excluding hydrogens is 270 g/mol. The van der Waals surface area contributed by atoms with Crippen LogP contribution in [-0.2, 0) is 0 Å². The van der Waals surface area contributed by atoms with Crippen molar-refractivity contribution in [3.63, 3.8) is 0 Å². The minimum Gasteiger partial charge on any atom is -0.282 e.